The highest BCUT2D eigenvalue weighted by Crippen LogP contribution is 2.72. The van der Waals surface area contributed by atoms with Gasteiger partial charge in [0, 0.05) is 11.8 Å². The molecule has 0 aliphatic heterocycles. The summed E-state index contributed by atoms with van der Waals surface area (Å²) in [6.07, 6.45) is 1.77. The summed E-state index contributed by atoms with van der Waals surface area (Å²) in [4.78, 5) is 24.9. The van der Waals surface area contributed by atoms with Gasteiger partial charge in [-0.25, -0.2) is 0 Å². The van der Waals surface area contributed by atoms with Crippen molar-refractivity contribution in [1.82, 2.24) is 0 Å². The van der Waals surface area contributed by atoms with Crippen LogP contribution in [0.25, 0.3) is 0 Å². The van der Waals surface area contributed by atoms with Crippen LogP contribution in [0.2, 0.25) is 0 Å². The minimum Gasteiger partial charge on any atom is -0.481 e. The number of fused-ring (bicyclic) bond motifs is 3. The van der Waals surface area contributed by atoms with Gasteiger partial charge in [0.15, 0.2) is 0 Å². The SMILES string of the molecule is C[C@@]12CCC[C@@](C)(C(=O)O)[C@H]1C[C@@H](O)[C@]13CC(=O)[C@](CO)(C1)[C@H](O)C[C@@H]23. The van der Waals surface area contributed by atoms with Crippen LogP contribution in [0.15, 0.2) is 0 Å². The Kier molecular flexibility index (Phi) is 3.75. The monoisotopic (exact) mass is 366 g/mol. The number of carboxylic acid groups (broad SMARTS) is 1. The highest BCUT2D eigenvalue weighted by Gasteiger charge is 2.73. The molecule has 0 aromatic carbocycles. The molecule has 4 saturated carbocycles. The first-order chi connectivity index (χ1) is 12.1. The van der Waals surface area contributed by atoms with Crippen LogP contribution in [-0.2, 0) is 9.59 Å². The van der Waals surface area contributed by atoms with E-state index in [-0.39, 0.29) is 36.1 Å². The van der Waals surface area contributed by atoms with E-state index in [4.69, 9.17) is 0 Å². The molecule has 4 rings (SSSR count). The molecule has 26 heavy (non-hydrogen) atoms. The van der Waals surface area contributed by atoms with E-state index in [2.05, 4.69) is 6.92 Å². The van der Waals surface area contributed by atoms with Crippen molar-refractivity contribution >= 4 is 11.8 Å². The number of aliphatic hydroxyl groups is 3. The summed E-state index contributed by atoms with van der Waals surface area (Å²) in [7, 11) is 0. The van der Waals surface area contributed by atoms with E-state index in [1.54, 1.807) is 6.92 Å². The summed E-state index contributed by atoms with van der Waals surface area (Å²) in [5.41, 5.74) is -3.01. The molecule has 4 aliphatic rings. The molecule has 4 N–H and O–H groups in total. The van der Waals surface area contributed by atoms with Gasteiger partial charge in [0.05, 0.1) is 29.6 Å². The van der Waals surface area contributed by atoms with Crippen LogP contribution in [0.3, 0.4) is 0 Å². The minimum atomic E-state index is -1.15. The quantitative estimate of drug-likeness (QED) is 0.587. The Hall–Kier alpha value is -0.980. The van der Waals surface area contributed by atoms with Crippen LogP contribution in [-0.4, -0.2) is 51.0 Å². The molecule has 6 heteroatoms. The molecule has 146 valence electrons. The molecular formula is C20H30O6. The van der Waals surface area contributed by atoms with E-state index in [1.165, 1.54) is 0 Å². The lowest BCUT2D eigenvalue weighted by atomic mass is 9.39. The predicted molar refractivity (Wildman–Crippen MR) is 92.1 cm³/mol. The fourth-order valence-electron chi connectivity index (χ4n) is 7.67. The van der Waals surface area contributed by atoms with E-state index >= 15 is 0 Å². The van der Waals surface area contributed by atoms with E-state index in [9.17, 15) is 30.0 Å². The van der Waals surface area contributed by atoms with Crippen molar-refractivity contribution < 1.29 is 30.0 Å². The molecule has 4 fully saturated rings. The smallest absolute Gasteiger partial charge is 0.309 e. The second kappa shape index (κ2) is 5.30. The van der Waals surface area contributed by atoms with Gasteiger partial charge in [0.25, 0.3) is 0 Å². The van der Waals surface area contributed by atoms with Crippen molar-refractivity contribution in [2.24, 2.45) is 33.5 Å². The number of aliphatic hydroxyl groups excluding tert-OH is 3. The number of hydrogen-bond donors (Lipinski definition) is 4. The molecule has 1 spiro atoms. The van der Waals surface area contributed by atoms with E-state index < -0.39 is 34.4 Å². The number of hydrogen-bond acceptors (Lipinski definition) is 5. The third-order valence-electron chi connectivity index (χ3n) is 9.15. The van der Waals surface area contributed by atoms with Gasteiger partial charge in [-0.3, -0.25) is 9.59 Å². The highest BCUT2D eigenvalue weighted by atomic mass is 16.4. The Morgan fingerprint density at radius 3 is 2.38 bits per heavy atom. The lowest BCUT2D eigenvalue weighted by Gasteiger charge is -2.65. The number of Topliss-reactive ketones (excluding diaryl/α,β-unsaturated/α-hetero) is 1. The first-order valence-corrected chi connectivity index (χ1v) is 9.80. The molecule has 6 nitrogen and oxygen atoms in total. The first-order valence-electron chi connectivity index (χ1n) is 9.80. The van der Waals surface area contributed by atoms with Crippen LogP contribution in [0.5, 0.6) is 0 Å². The summed E-state index contributed by atoms with van der Waals surface area (Å²) >= 11 is 0. The topological polar surface area (TPSA) is 115 Å². The minimum absolute atomic E-state index is 0.108. The summed E-state index contributed by atoms with van der Waals surface area (Å²) < 4.78 is 0. The molecule has 0 radical (unpaired) electrons. The number of carbonyl (C=O) groups excluding carboxylic acids is 1. The van der Waals surface area contributed by atoms with Gasteiger partial charge in [0.1, 0.15) is 5.78 Å². The zero-order valence-electron chi connectivity index (χ0n) is 15.6. The standard InChI is InChI=1S/C20H30O6/c1-17-4-3-5-18(2,16(25)26)11(17)6-13(22)19-8-15(24)20(9-19,10-21)14(23)7-12(17)19/h11-14,21-23H,3-10H2,1-2H3,(H,25,26)/t11-,12-,13+,14+,17+,18+,19+,20-/m0/s1. The summed E-state index contributed by atoms with van der Waals surface area (Å²) in [5.74, 6) is -1.26. The summed E-state index contributed by atoms with van der Waals surface area (Å²) in [6, 6.07) is 0. The molecule has 0 amide bonds. The Morgan fingerprint density at radius 2 is 1.77 bits per heavy atom. The predicted octanol–water partition coefficient (Wildman–Crippen LogP) is 1.36. The van der Waals surface area contributed by atoms with E-state index in [1.807, 2.05) is 0 Å². The lowest BCUT2D eigenvalue weighted by molar-refractivity contribution is -0.226. The zero-order valence-corrected chi connectivity index (χ0v) is 15.6. The maximum absolute atomic E-state index is 12.8. The van der Waals surface area contributed by atoms with E-state index in [0.717, 1.165) is 12.8 Å². The van der Waals surface area contributed by atoms with Crippen LogP contribution >= 0.6 is 0 Å². The Morgan fingerprint density at radius 1 is 1.12 bits per heavy atom. The number of rotatable bonds is 2. The Labute approximate surface area is 153 Å². The number of carbonyl (C=O) groups is 2. The van der Waals surface area contributed by atoms with Gasteiger partial charge < -0.3 is 20.4 Å². The average molecular weight is 366 g/mol. The number of aliphatic carboxylic acids is 1. The van der Waals surface area contributed by atoms with Crippen molar-refractivity contribution in [2.45, 2.75) is 71.0 Å². The van der Waals surface area contributed by atoms with Gasteiger partial charge in [0.2, 0.25) is 0 Å². The third kappa shape index (κ3) is 1.88. The van der Waals surface area contributed by atoms with Crippen molar-refractivity contribution in [1.29, 1.82) is 0 Å². The van der Waals surface area contributed by atoms with E-state index in [0.29, 0.717) is 25.7 Å². The Bertz CT molecular complexity index is 663. The van der Waals surface area contributed by atoms with Gasteiger partial charge in [-0.05, 0) is 56.3 Å². The Balaban J connectivity index is 1.82. The molecule has 0 aromatic heterocycles. The second-order valence-electron chi connectivity index (χ2n) is 10.0. The van der Waals surface area contributed by atoms with Gasteiger partial charge in [-0.1, -0.05) is 13.3 Å². The summed E-state index contributed by atoms with van der Waals surface area (Å²) in [5, 5.41) is 41.8. The van der Waals surface area contributed by atoms with Crippen molar-refractivity contribution in [3.05, 3.63) is 0 Å². The fourth-order valence-corrected chi connectivity index (χ4v) is 7.67. The zero-order chi connectivity index (χ0) is 19.1. The van der Waals surface area contributed by atoms with Gasteiger partial charge >= 0.3 is 5.97 Å². The average Bonchev–Trinajstić information content (AvgIpc) is 2.84. The first kappa shape index (κ1) is 18.4. The molecule has 4 aliphatic carbocycles. The molecule has 2 bridgehead atoms. The lowest BCUT2D eigenvalue weighted by Crippen LogP contribution is -2.65. The third-order valence-corrected chi connectivity index (χ3v) is 9.15. The van der Waals surface area contributed by atoms with Gasteiger partial charge in [-0.2, -0.15) is 0 Å². The van der Waals surface area contributed by atoms with Crippen molar-refractivity contribution in [3.8, 4) is 0 Å². The summed E-state index contributed by atoms with van der Waals surface area (Å²) in [6.45, 7) is 3.51. The van der Waals surface area contributed by atoms with Crippen LogP contribution in [0, 0.1) is 33.5 Å². The number of carboxylic acids is 1. The molecule has 0 saturated heterocycles. The maximum atomic E-state index is 12.8. The molecule has 0 aromatic rings. The molecule has 8 atom stereocenters. The van der Waals surface area contributed by atoms with Crippen LogP contribution in [0.1, 0.15) is 58.8 Å². The molecule has 0 heterocycles. The highest BCUT2D eigenvalue weighted by molar-refractivity contribution is 5.89. The fraction of sp³-hybridized carbons (Fsp3) is 0.900. The largest absolute Gasteiger partial charge is 0.481 e. The molecular weight excluding hydrogens is 336 g/mol. The van der Waals surface area contributed by atoms with Crippen LogP contribution < -0.4 is 0 Å². The molecule has 0 unspecified atom stereocenters. The maximum Gasteiger partial charge on any atom is 0.309 e. The van der Waals surface area contributed by atoms with Gasteiger partial charge in [-0.15, -0.1) is 0 Å². The number of ketones is 1. The normalized spacial score (nSPS) is 56.0. The second-order valence-corrected chi connectivity index (χ2v) is 10.0. The van der Waals surface area contributed by atoms with Crippen LogP contribution in [0.4, 0.5) is 0 Å². The van der Waals surface area contributed by atoms with Crippen molar-refractivity contribution in [3.63, 3.8) is 0 Å². The van der Waals surface area contributed by atoms with Crippen molar-refractivity contribution in [2.75, 3.05) is 6.61 Å².